The van der Waals surface area contributed by atoms with Crippen molar-refractivity contribution in [3.63, 3.8) is 0 Å². The molecule has 1 N–H and O–H groups in total. The van der Waals surface area contributed by atoms with E-state index in [0.29, 0.717) is 12.3 Å². The van der Waals surface area contributed by atoms with Crippen molar-refractivity contribution < 1.29 is 5.11 Å². The summed E-state index contributed by atoms with van der Waals surface area (Å²) in [6.07, 6.45) is 12.1. The molecular weight excluding hydrogens is 172 g/mol. The number of rotatable bonds is 3. The van der Waals surface area contributed by atoms with E-state index in [4.69, 9.17) is 6.42 Å². The van der Waals surface area contributed by atoms with Gasteiger partial charge in [0.2, 0.25) is 0 Å². The molecule has 0 radical (unpaired) electrons. The molecule has 2 aliphatic carbocycles. The van der Waals surface area contributed by atoms with Crippen LogP contribution in [-0.4, -0.2) is 10.7 Å². The second-order valence-corrected chi connectivity index (χ2v) is 5.34. The molecule has 0 saturated heterocycles. The number of aliphatic hydroxyl groups is 1. The molecule has 1 nitrogen and oxygen atoms in total. The lowest BCUT2D eigenvalue weighted by atomic mass is 9.75. The topological polar surface area (TPSA) is 20.2 Å². The van der Waals surface area contributed by atoms with Crippen LogP contribution in [0.25, 0.3) is 0 Å². The Labute approximate surface area is 86.9 Å². The lowest BCUT2D eigenvalue weighted by molar-refractivity contribution is -0.0300. The Bertz CT molecular complexity index is 248. The number of terminal acetylenes is 1. The van der Waals surface area contributed by atoms with Crippen LogP contribution in [0.3, 0.4) is 0 Å². The van der Waals surface area contributed by atoms with Crippen LogP contribution < -0.4 is 0 Å². The van der Waals surface area contributed by atoms with Crippen LogP contribution in [0.5, 0.6) is 0 Å². The maximum atomic E-state index is 10.4. The second kappa shape index (κ2) is 3.59. The van der Waals surface area contributed by atoms with E-state index in [0.717, 1.165) is 18.3 Å². The van der Waals surface area contributed by atoms with Crippen LogP contribution >= 0.6 is 0 Å². The number of hydrogen-bond acceptors (Lipinski definition) is 1. The van der Waals surface area contributed by atoms with E-state index in [1.807, 2.05) is 6.92 Å². The maximum Gasteiger partial charge on any atom is 0.0659 e. The van der Waals surface area contributed by atoms with Gasteiger partial charge in [-0.05, 0) is 50.4 Å². The predicted octanol–water partition coefficient (Wildman–Crippen LogP) is 2.59. The van der Waals surface area contributed by atoms with Crippen molar-refractivity contribution in [2.45, 2.75) is 51.0 Å². The largest absolute Gasteiger partial charge is 0.390 e. The molecule has 4 atom stereocenters. The molecule has 2 rings (SSSR count). The fourth-order valence-corrected chi connectivity index (χ4v) is 3.52. The van der Waals surface area contributed by atoms with Gasteiger partial charge in [0, 0.05) is 6.42 Å². The molecule has 2 bridgehead atoms. The summed E-state index contributed by atoms with van der Waals surface area (Å²) in [7, 11) is 0. The van der Waals surface area contributed by atoms with Crippen LogP contribution in [0.15, 0.2) is 0 Å². The lowest BCUT2D eigenvalue weighted by Gasteiger charge is -2.35. The Morgan fingerprint density at radius 1 is 1.43 bits per heavy atom. The molecule has 2 saturated carbocycles. The van der Waals surface area contributed by atoms with Crippen LogP contribution in [0.2, 0.25) is 0 Å². The molecular formula is C13H20O. The summed E-state index contributed by atoms with van der Waals surface area (Å²) in [5, 5.41) is 10.4. The van der Waals surface area contributed by atoms with Gasteiger partial charge in [-0.2, -0.15) is 0 Å². The molecule has 0 aromatic heterocycles. The van der Waals surface area contributed by atoms with Crippen molar-refractivity contribution in [2.24, 2.45) is 17.8 Å². The molecule has 1 heteroatoms. The van der Waals surface area contributed by atoms with E-state index in [-0.39, 0.29) is 0 Å². The molecule has 0 aromatic rings. The monoisotopic (exact) mass is 192 g/mol. The second-order valence-electron chi connectivity index (χ2n) is 5.34. The van der Waals surface area contributed by atoms with Gasteiger partial charge in [0.1, 0.15) is 0 Å². The van der Waals surface area contributed by atoms with Crippen LogP contribution in [0.4, 0.5) is 0 Å². The quantitative estimate of drug-likeness (QED) is 0.681. The van der Waals surface area contributed by atoms with E-state index >= 15 is 0 Å². The first-order valence-corrected chi connectivity index (χ1v) is 5.79. The average Bonchev–Trinajstić information content (AvgIpc) is 2.75. The van der Waals surface area contributed by atoms with E-state index in [2.05, 4.69) is 5.92 Å². The van der Waals surface area contributed by atoms with Crippen molar-refractivity contribution in [1.82, 2.24) is 0 Å². The van der Waals surface area contributed by atoms with E-state index in [1.165, 1.54) is 25.7 Å². The van der Waals surface area contributed by atoms with Gasteiger partial charge in [0.05, 0.1) is 5.60 Å². The summed E-state index contributed by atoms with van der Waals surface area (Å²) in [6.45, 7) is 1.98. The zero-order valence-corrected chi connectivity index (χ0v) is 9.00. The first-order valence-electron chi connectivity index (χ1n) is 5.79. The van der Waals surface area contributed by atoms with Crippen LogP contribution in [-0.2, 0) is 0 Å². The first-order chi connectivity index (χ1) is 6.63. The Morgan fingerprint density at radius 3 is 2.71 bits per heavy atom. The Hall–Kier alpha value is -0.480. The molecule has 4 unspecified atom stereocenters. The first kappa shape index (κ1) is 10.1. The summed E-state index contributed by atoms with van der Waals surface area (Å²) in [4.78, 5) is 0. The summed E-state index contributed by atoms with van der Waals surface area (Å²) in [5.41, 5.74) is -0.508. The predicted molar refractivity (Wildman–Crippen MR) is 57.6 cm³/mol. The minimum Gasteiger partial charge on any atom is -0.390 e. The minimum absolute atomic E-state index is 0.508. The summed E-state index contributed by atoms with van der Waals surface area (Å²) >= 11 is 0. The van der Waals surface area contributed by atoms with Gasteiger partial charge in [-0.15, -0.1) is 12.3 Å². The summed E-state index contributed by atoms with van der Waals surface area (Å²) in [5.74, 6) is 4.84. The highest BCUT2D eigenvalue weighted by Crippen LogP contribution is 2.52. The SMILES string of the molecule is C#CCCC(C)(O)C1CC2CCC1C2. The smallest absolute Gasteiger partial charge is 0.0659 e. The van der Waals surface area contributed by atoms with E-state index < -0.39 is 5.60 Å². The van der Waals surface area contributed by atoms with Gasteiger partial charge in [-0.3, -0.25) is 0 Å². The molecule has 0 aromatic carbocycles. The van der Waals surface area contributed by atoms with Crippen molar-refractivity contribution >= 4 is 0 Å². The average molecular weight is 192 g/mol. The molecule has 0 aliphatic heterocycles. The molecule has 0 heterocycles. The third-order valence-corrected chi connectivity index (χ3v) is 4.31. The summed E-state index contributed by atoms with van der Waals surface area (Å²) in [6, 6.07) is 0. The van der Waals surface area contributed by atoms with Crippen molar-refractivity contribution in [3.05, 3.63) is 0 Å². The highest BCUT2D eigenvalue weighted by Gasteiger charge is 2.47. The Kier molecular flexibility index (Phi) is 2.58. The zero-order valence-electron chi connectivity index (χ0n) is 9.00. The minimum atomic E-state index is -0.508. The maximum absolute atomic E-state index is 10.4. The molecule has 14 heavy (non-hydrogen) atoms. The Balaban J connectivity index is 1.97. The van der Waals surface area contributed by atoms with Gasteiger partial charge in [0.25, 0.3) is 0 Å². The van der Waals surface area contributed by atoms with Gasteiger partial charge in [-0.25, -0.2) is 0 Å². The van der Waals surface area contributed by atoms with Crippen molar-refractivity contribution in [3.8, 4) is 12.3 Å². The van der Waals surface area contributed by atoms with Crippen molar-refractivity contribution in [1.29, 1.82) is 0 Å². The highest BCUT2D eigenvalue weighted by molar-refractivity contribution is 4.99. The Morgan fingerprint density at radius 2 is 2.21 bits per heavy atom. The summed E-state index contributed by atoms with van der Waals surface area (Å²) < 4.78 is 0. The molecule has 0 amide bonds. The third-order valence-electron chi connectivity index (χ3n) is 4.31. The highest BCUT2D eigenvalue weighted by atomic mass is 16.3. The van der Waals surface area contributed by atoms with Gasteiger partial charge in [-0.1, -0.05) is 6.42 Å². The molecule has 2 fully saturated rings. The van der Waals surface area contributed by atoms with Crippen molar-refractivity contribution in [2.75, 3.05) is 0 Å². The zero-order chi connectivity index (χ0) is 10.2. The van der Waals surface area contributed by atoms with E-state index in [1.54, 1.807) is 0 Å². The molecule has 0 spiro atoms. The fraction of sp³-hybridized carbons (Fsp3) is 0.846. The van der Waals surface area contributed by atoms with Gasteiger partial charge < -0.3 is 5.11 Å². The number of hydrogen-bond donors (Lipinski definition) is 1. The van der Waals surface area contributed by atoms with Gasteiger partial charge in [0.15, 0.2) is 0 Å². The molecule has 2 aliphatic rings. The van der Waals surface area contributed by atoms with Crippen LogP contribution in [0.1, 0.15) is 45.4 Å². The normalized spacial score (nSPS) is 39.4. The van der Waals surface area contributed by atoms with E-state index in [9.17, 15) is 5.11 Å². The third kappa shape index (κ3) is 1.68. The standard InChI is InChI=1S/C13H20O/c1-3-4-7-13(2,14)12-9-10-5-6-11(12)8-10/h1,10-12,14H,4-9H2,2H3. The molecule has 78 valence electrons. The number of fused-ring (bicyclic) bond motifs is 2. The van der Waals surface area contributed by atoms with Gasteiger partial charge >= 0.3 is 0 Å². The van der Waals surface area contributed by atoms with Crippen LogP contribution in [0, 0.1) is 30.1 Å². The lowest BCUT2D eigenvalue weighted by Crippen LogP contribution is -2.37. The fourth-order valence-electron chi connectivity index (χ4n) is 3.52.